The van der Waals surface area contributed by atoms with E-state index < -0.39 is 0 Å². The second kappa shape index (κ2) is 7.70. The van der Waals surface area contributed by atoms with Crippen LogP contribution in [-0.2, 0) is 0 Å². The molecule has 3 rings (SSSR count). The van der Waals surface area contributed by atoms with Gasteiger partial charge in [0.05, 0.1) is 15.6 Å². The van der Waals surface area contributed by atoms with Crippen molar-refractivity contribution < 1.29 is 4.79 Å². The molecule has 0 unspecified atom stereocenters. The van der Waals surface area contributed by atoms with Crippen molar-refractivity contribution in [3.05, 3.63) is 75.5 Å². The molecule has 1 aromatic heterocycles. The number of rotatable bonds is 4. The molecule has 0 bridgehead atoms. The van der Waals surface area contributed by atoms with Gasteiger partial charge in [0.25, 0.3) is 5.91 Å². The Labute approximate surface area is 159 Å². The molecule has 3 aromatic rings. The molecule has 126 valence electrons. The largest absolute Gasteiger partial charge is 0.324 e. The van der Waals surface area contributed by atoms with Gasteiger partial charge < -0.3 is 10.6 Å². The lowest BCUT2D eigenvalue weighted by atomic mass is 10.2. The summed E-state index contributed by atoms with van der Waals surface area (Å²) in [6.45, 7) is 0. The smallest absolute Gasteiger partial charge is 0.258 e. The molecule has 0 radical (unpaired) electrons. The second-order valence-corrected chi connectivity index (χ2v) is 6.26. The Balaban J connectivity index is 1.68. The summed E-state index contributed by atoms with van der Waals surface area (Å²) in [5, 5.41) is 7.08. The van der Waals surface area contributed by atoms with Crippen molar-refractivity contribution in [3.8, 4) is 0 Å². The van der Waals surface area contributed by atoms with Crippen LogP contribution in [0.1, 0.15) is 10.4 Å². The maximum atomic E-state index is 12.2. The van der Waals surface area contributed by atoms with Crippen LogP contribution < -0.4 is 10.6 Å². The molecule has 2 aromatic carbocycles. The highest BCUT2D eigenvalue weighted by molar-refractivity contribution is 6.42. The van der Waals surface area contributed by atoms with Gasteiger partial charge in [0.15, 0.2) is 0 Å². The fraction of sp³-hybridized carbons (Fsp3) is 0. The van der Waals surface area contributed by atoms with Gasteiger partial charge in [-0.25, -0.2) is 9.97 Å². The molecule has 0 aliphatic rings. The van der Waals surface area contributed by atoms with Crippen molar-refractivity contribution in [2.24, 2.45) is 0 Å². The molecule has 0 saturated heterocycles. The molecular formula is C17H11Cl3N4O. The van der Waals surface area contributed by atoms with E-state index in [0.29, 0.717) is 32.3 Å². The number of amides is 1. The van der Waals surface area contributed by atoms with Crippen LogP contribution in [-0.4, -0.2) is 15.9 Å². The maximum Gasteiger partial charge on any atom is 0.258 e. The fourth-order valence-electron chi connectivity index (χ4n) is 1.98. The van der Waals surface area contributed by atoms with Crippen LogP contribution in [0.2, 0.25) is 15.1 Å². The molecule has 1 amide bonds. The van der Waals surface area contributed by atoms with Crippen molar-refractivity contribution in [1.29, 1.82) is 0 Å². The van der Waals surface area contributed by atoms with Crippen LogP contribution in [0.5, 0.6) is 0 Å². The Kier molecular flexibility index (Phi) is 5.38. The van der Waals surface area contributed by atoms with Crippen molar-refractivity contribution in [1.82, 2.24) is 9.97 Å². The van der Waals surface area contributed by atoms with Crippen LogP contribution in [0, 0.1) is 0 Å². The molecular weight excluding hydrogens is 383 g/mol. The minimum Gasteiger partial charge on any atom is -0.324 e. The lowest BCUT2D eigenvalue weighted by Gasteiger charge is -2.07. The van der Waals surface area contributed by atoms with E-state index >= 15 is 0 Å². The third-order valence-corrected chi connectivity index (χ3v) is 4.15. The Morgan fingerprint density at radius 2 is 1.64 bits per heavy atom. The van der Waals surface area contributed by atoms with Crippen LogP contribution >= 0.6 is 34.8 Å². The average Bonchev–Trinajstić information content (AvgIpc) is 2.59. The Morgan fingerprint density at radius 3 is 2.32 bits per heavy atom. The first kappa shape index (κ1) is 17.5. The zero-order chi connectivity index (χ0) is 17.8. The molecule has 0 aliphatic carbocycles. The van der Waals surface area contributed by atoms with Crippen LogP contribution in [0.3, 0.4) is 0 Å². The highest BCUT2D eigenvalue weighted by Gasteiger charge is 2.09. The van der Waals surface area contributed by atoms with E-state index in [4.69, 9.17) is 34.8 Å². The summed E-state index contributed by atoms with van der Waals surface area (Å²) < 4.78 is 0. The third kappa shape index (κ3) is 4.60. The van der Waals surface area contributed by atoms with Gasteiger partial charge in [-0.1, -0.05) is 40.9 Å². The zero-order valence-corrected chi connectivity index (χ0v) is 14.9. The predicted molar refractivity (Wildman–Crippen MR) is 101 cm³/mol. The number of benzene rings is 2. The van der Waals surface area contributed by atoms with Crippen LogP contribution in [0.15, 0.2) is 54.9 Å². The standard InChI is InChI=1S/C17H11Cl3N4O/c18-11-2-1-3-12(6-11)24-17-21-8-10(9-22-17)16(25)23-13-4-5-14(19)15(20)7-13/h1-9H,(H,23,25)(H,21,22,24). The van der Waals surface area contributed by atoms with E-state index in [1.807, 2.05) is 12.1 Å². The fourth-order valence-corrected chi connectivity index (χ4v) is 2.47. The number of hydrogen-bond acceptors (Lipinski definition) is 4. The number of nitrogens with one attached hydrogen (secondary N) is 2. The first-order chi connectivity index (χ1) is 12.0. The van der Waals surface area contributed by atoms with E-state index in [1.165, 1.54) is 12.4 Å². The first-order valence-corrected chi connectivity index (χ1v) is 8.26. The summed E-state index contributed by atoms with van der Waals surface area (Å²) in [6.07, 6.45) is 2.85. The van der Waals surface area contributed by atoms with Gasteiger partial charge in [-0.3, -0.25) is 4.79 Å². The lowest BCUT2D eigenvalue weighted by molar-refractivity contribution is 0.102. The first-order valence-electron chi connectivity index (χ1n) is 7.12. The van der Waals surface area contributed by atoms with Crippen molar-refractivity contribution in [2.75, 3.05) is 10.6 Å². The topological polar surface area (TPSA) is 66.9 Å². The van der Waals surface area contributed by atoms with Gasteiger partial charge in [0.1, 0.15) is 0 Å². The Bertz CT molecular complexity index is 916. The van der Waals surface area contributed by atoms with Gasteiger partial charge in [-0.15, -0.1) is 0 Å². The van der Waals surface area contributed by atoms with E-state index in [2.05, 4.69) is 20.6 Å². The summed E-state index contributed by atoms with van der Waals surface area (Å²) in [5.74, 6) is 0.000971. The van der Waals surface area contributed by atoms with Gasteiger partial charge in [0.2, 0.25) is 5.95 Å². The highest BCUT2D eigenvalue weighted by atomic mass is 35.5. The quantitative estimate of drug-likeness (QED) is 0.620. The summed E-state index contributed by atoms with van der Waals surface area (Å²) in [7, 11) is 0. The van der Waals surface area contributed by atoms with Gasteiger partial charge >= 0.3 is 0 Å². The molecule has 0 saturated carbocycles. The molecule has 0 aliphatic heterocycles. The summed E-state index contributed by atoms with van der Waals surface area (Å²) in [6, 6.07) is 12.0. The average molecular weight is 394 g/mol. The Morgan fingerprint density at radius 1 is 0.880 bits per heavy atom. The summed E-state index contributed by atoms with van der Waals surface area (Å²) in [4.78, 5) is 20.5. The van der Waals surface area contributed by atoms with E-state index in [-0.39, 0.29) is 5.91 Å². The molecule has 8 heteroatoms. The molecule has 2 N–H and O–H groups in total. The van der Waals surface area contributed by atoms with Crippen molar-refractivity contribution in [2.45, 2.75) is 0 Å². The minimum atomic E-state index is -0.354. The highest BCUT2D eigenvalue weighted by Crippen LogP contribution is 2.25. The van der Waals surface area contributed by atoms with E-state index in [9.17, 15) is 4.79 Å². The van der Waals surface area contributed by atoms with Crippen molar-refractivity contribution >= 4 is 58.0 Å². The predicted octanol–water partition coefficient (Wildman–Crippen LogP) is 5.43. The lowest BCUT2D eigenvalue weighted by Crippen LogP contribution is -2.13. The van der Waals surface area contributed by atoms with Crippen LogP contribution in [0.25, 0.3) is 0 Å². The van der Waals surface area contributed by atoms with Gasteiger partial charge in [-0.2, -0.15) is 0 Å². The molecule has 0 atom stereocenters. The molecule has 1 heterocycles. The monoisotopic (exact) mass is 392 g/mol. The molecule has 25 heavy (non-hydrogen) atoms. The van der Waals surface area contributed by atoms with Crippen molar-refractivity contribution in [3.63, 3.8) is 0 Å². The van der Waals surface area contributed by atoms with Gasteiger partial charge in [0, 0.05) is 28.8 Å². The van der Waals surface area contributed by atoms with E-state index in [1.54, 1.807) is 30.3 Å². The summed E-state index contributed by atoms with van der Waals surface area (Å²) >= 11 is 17.7. The summed E-state index contributed by atoms with van der Waals surface area (Å²) in [5.41, 5.74) is 1.59. The number of aromatic nitrogens is 2. The maximum absolute atomic E-state index is 12.2. The number of hydrogen-bond donors (Lipinski definition) is 2. The Hall–Kier alpha value is -2.34. The zero-order valence-electron chi connectivity index (χ0n) is 12.6. The number of halogens is 3. The number of carbonyl (C=O) groups is 1. The number of carbonyl (C=O) groups excluding carboxylic acids is 1. The van der Waals surface area contributed by atoms with Gasteiger partial charge in [-0.05, 0) is 36.4 Å². The third-order valence-electron chi connectivity index (χ3n) is 3.17. The SMILES string of the molecule is O=C(Nc1ccc(Cl)c(Cl)c1)c1cnc(Nc2cccc(Cl)c2)nc1. The minimum absolute atomic E-state index is 0.308. The normalized spacial score (nSPS) is 10.4. The number of anilines is 3. The number of nitrogens with zero attached hydrogens (tertiary/aromatic N) is 2. The molecule has 5 nitrogen and oxygen atoms in total. The van der Waals surface area contributed by atoms with Crippen LogP contribution in [0.4, 0.5) is 17.3 Å². The van der Waals surface area contributed by atoms with E-state index in [0.717, 1.165) is 5.69 Å². The molecule has 0 fully saturated rings. The second-order valence-electron chi connectivity index (χ2n) is 5.01. The molecule has 0 spiro atoms.